The first-order valence-corrected chi connectivity index (χ1v) is 13.0. The summed E-state index contributed by atoms with van der Waals surface area (Å²) >= 11 is 0. The van der Waals surface area contributed by atoms with Crippen molar-refractivity contribution >= 4 is 32.6 Å². The zero-order valence-corrected chi connectivity index (χ0v) is 20.0. The number of hydrogen-bond acceptors (Lipinski definition) is 5. The van der Waals surface area contributed by atoms with Crippen molar-refractivity contribution in [1.29, 1.82) is 0 Å². The minimum absolute atomic E-state index is 0.261. The number of nitrogens with one attached hydrogen (secondary N) is 1. The van der Waals surface area contributed by atoms with Crippen molar-refractivity contribution in [3.63, 3.8) is 0 Å². The molecule has 0 aliphatic heterocycles. The molecule has 5 rings (SSSR count). The fourth-order valence-electron chi connectivity index (χ4n) is 5.90. The molecule has 1 aromatic heterocycles. The summed E-state index contributed by atoms with van der Waals surface area (Å²) in [6, 6.07) is 18.8. The summed E-state index contributed by atoms with van der Waals surface area (Å²) in [5.41, 5.74) is 4.93. The summed E-state index contributed by atoms with van der Waals surface area (Å²) in [6.45, 7) is 4.06. The van der Waals surface area contributed by atoms with Crippen LogP contribution in [-0.2, 0) is 10.1 Å². The van der Waals surface area contributed by atoms with Crippen LogP contribution in [0.4, 0.5) is 0 Å². The molecule has 2 unspecified atom stereocenters. The van der Waals surface area contributed by atoms with E-state index in [2.05, 4.69) is 10.5 Å². The number of rotatable bonds is 5. The number of carbonyl (C=O) groups excluding carboxylic acids is 1. The summed E-state index contributed by atoms with van der Waals surface area (Å²) in [6.07, 6.45) is 2.11. The molecule has 2 aromatic carbocycles. The third-order valence-electron chi connectivity index (χ3n) is 7.92. The lowest BCUT2D eigenvalue weighted by Crippen LogP contribution is -2.43. The maximum atomic E-state index is 13.3. The minimum Gasteiger partial charge on any atom is -0.286 e. The molecule has 176 valence electrons. The van der Waals surface area contributed by atoms with E-state index in [1.807, 2.05) is 68.4 Å². The monoisotopic (exact) mass is 477 g/mol. The van der Waals surface area contributed by atoms with Gasteiger partial charge in [-0.25, -0.2) is 10.4 Å². The SMILES string of the molecule is CC1(C)C2CCC1(CS(=O)(=O)O)/C(=N/NC(=O)c1cc(-c3ccccc3)nc3ccccc13)C2. The van der Waals surface area contributed by atoms with Crippen LogP contribution in [0.2, 0.25) is 0 Å². The van der Waals surface area contributed by atoms with Crippen molar-refractivity contribution in [3.05, 3.63) is 66.2 Å². The number of benzene rings is 2. The third kappa shape index (κ3) is 3.71. The van der Waals surface area contributed by atoms with Crippen molar-refractivity contribution in [3.8, 4) is 11.3 Å². The number of hydrogen-bond donors (Lipinski definition) is 2. The highest BCUT2D eigenvalue weighted by atomic mass is 32.2. The van der Waals surface area contributed by atoms with Crippen LogP contribution in [-0.4, -0.2) is 35.3 Å². The molecule has 2 aliphatic rings. The third-order valence-corrected chi connectivity index (χ3v) is 8.77. The normalized spacial score (nSPS) is 24.6. The first-order valence-electron chi connectivity index (χ1n) is 11.4. The van der Waals surface area contributed by atoms with E-state index in [4.69, 9.17) is 4.98 Å². The van der Waals surface area contributed by atoms with E-state index in [9.17, 15) is 17.8 Å². The van der Waals surface area contributed by atoms with Crippen LogP contribution in [0.3, 0.4) is 0 Å². The van der Waals surface area contributed by atoms with Crippen molar-refractivity contribution in [2.24, 2.45) is 21.8 Å². The minimum atomic E-state index is -4.21. The van der Waals surface area contributed by atoms with Gasteiger partial charge in [0, 0.05) is 22.1 Å². The highest BCUT2D eigenvalue weighted by molar-refractivity contribution is 7.85. The first kappa shape index (κ1) is 22.7. The van der Waals surface area contributed by atoms with Crippen LogP contribution in [0.1, 0.15) is 43.5 Å². The molecule has 2 fully saturated rings. The van der Waals surface area contributed by atoms with Gasteiger partial charge in [0.1, 0.15) is 0 Å². The van der Waals surface area contributed by atoms with Gasteiger partial charge in [0.2, 0.25) is 0 Å². The van der Waals surface area contributed by atoms with E-state index in [1.165, 1.54) is 0 Å². The summed E-state index contributed by atoms with van der Waals surface area (Å²) in [7, 11) is -4.21. The predicted molar refractivity (Wildman–Crippen MR) is 132 cm³/mol. The molecule has 3 aromatic rings. The second-order valence-corrected chi connectivity index (χ2v) is 11.4. The molecule has 34 heavy (non-hydrogen) atoms. The lowest BCUT2D eigenvalue weighted by Gasteiger charge is -2.37. The molecule has 2 N–H and O–H groups in total. The zero-order valence-electron chi connectivity index (χ0n) is 19.2. The van der Waals surface area contributed by atoms with E-state index in [0.717, 1.165) is 12.0 Å². The lowest BCUT2D eigenvalue weighted by molar-refractivity contribution is 0.0955. The van der Waals surface area contributed by atoms with Crippen molar-refractivity contribution < 1.29 is 17.8 Å². The Labute approximate surface area is 199 Å². The standard InChI is InChI=1S/C26H27N3O4S/c1-25(2)18-12-13-26(25,16-34(31,32)33)23(14-18)28-29-24(30)20-15-22(17-8-4-3-5-9-17)27-21-11-7-6-10-19(20)21/h3-11,15,18H,12-14,16H2,1-2H3,(H,29,30)(H,31,32,33)/b28-23+. The van der Waals surface area contributed by atoms with Gasteiger partial charge in [-0.1, -0.05) is 62.4 Å². The number of hydrazone groups is 1. The highest BCUT2D eigenvalue weighted by Gasteiger charge is 2.64. The first-order chi connectivity index (χ1) is 16.1. The summed E-state index contributed by atoms with van der Waals surface area (Å²) in [5, 5.41) is 5.17. The number of nitrogens with zero attached hydrogens (tertiary/aromatic N) is 2. The van der Waals surface area contributed by atoms with Gasteiger partial charge < -0.3 is 0 Å². The van der Waals surface area contributed by atoms with E-state index < -0.39 is 15.5 Å². The second kappa shape index (κ2) is 7.99. The molecule has 7 nitrogen and oxygen atoms in total. The number of amides is 1. The summed E-state index contributed by atoms with van der Waals surface area (Å²) in [5.74, 6) is -0.503. The largest absolute Gasteiger partial charge is 0.286 e. The molecule has 0 saturated heterocycles. The fourth-order valence-corrected chi connectivity index (χ4v) is 7.21. The van der Waals surface area contributed by atoms with Gasteiger partial charge in [-0.05, 0) is 42.7 Å². The highest BCUT2D eigenvalue weighted by Crippen LogP contribution is 2.64. The summed E-state index contributed by atoms with van der Waals surface area (Å²) < 4.78 is 33.5. The molecule has 2 bridgehead atoms. The van der Waals surface area contributed by atoms with Crippen LogP contribution in [0.5, 0.6) is 0 Å². The Morgan fingerprint density at radius 1 is 1.15 bits per heavy atom. The van der Waals surface area contributed by atoms with Crippen molar-refractivity contribution in [2.45, 2.75) is 33.1 Å². The maximum Gasteiger partial charge on any atom is 0.272 e. The number of aromatic nitrogens is 1. The zero-order chi connectivity index (χ0) is 24.1. The Hall–Kier alpha value is -3.10. The fraction of sp³-hybridized carbons (Fsp3) is 0.346. The molecule has 0 radical (unpaired) electrons. The lowest BCUT2D eigenvalue weighted by atomic mass is 9.70. The Morgan fingerprint density at radius 2 is 1.85 bits per heavy atom. The van der Waals surface area contributed by atoms with Gasteiger partial charge in [-0.3, -0.25) is 9.35 Å². The number of pyridine rings is 1. The van der Waals surface area contributed by atoms with Gasteiger partial charge in [0.25, 0.3) is 16.0 Å². The van der Waals surface area contributed by atoms with E-state index in [1.54, 1.807) is 6.07 Å². The van der Waals surface area contributed by atoms with Crippen LogP contribution in [0.25, 0.3) is 22.2 Å². The Balaban J connectivity index is 1.52. The second-order valence-electron chi connectivity index (χ2n) is 9.91. The molecule has 8 heteroatoms. The van der Waals surface area contributed by atoms with Gasteiger partial charge in [-0.2, -0.15) is 13.5 Å². The topological polar surface area (TPSA) is 109 Å². The quantitative estimate of drug-likeness (QED) is 0.409. The van der Waals surface area contributed by atoms with E-state index >= 15 is 0 Å². The maximum absolute atomic E-state index is 13.3. The Kier molecular flexibility index (Phi) is 5.33. The number of fused-ring (bicyclic) bond motifs is 3. The average molecular weight is 478 g/mol. The number of carbonyl (C=O) groups is 1. The Bertz CT molecular complexity index is 1420. The molecular formula is C26H27N3O4S. The van der Waals surface area contributed by atoms with Crippen LogP contribution >= 0.6 is 0 Å². The van der Waals surface area contributed by atoms with E-state index in [0.29, 0.717) is 40.7 Å². The predicted octanol–water partition coefficient (Wildman–Crippen LogP) is 4.70. The Morgan fingerprint density at radius 3 is 2.56 bits per heavy atom. The van der Waals surface area contributed by atoms with Crippen LogP contribution in [0.15, 0.2) is 65.8 Å². The van der Waals surface area contributed by atoms with Gasteiger partial charge >= 0.3 is 0 Å². The van der Waals surface area contributed by atoms with E-state index in [-0.39, 0.29) is 23.0 Å². The van der Waals surface area contributed by atoms with Crippen molar-refractivity contribution in [2.75, 3.05) is 5.75 Å². The van der Waals surface area contributed by atoms with Gasteiger partial charge in [-0.15, -0.1) is 0 Å². The molecule has 2 saturated carbocycles. The van der Waals surface area contributed by atoms with Crippen LogP contribution < -0.4 is 5.43 Å². The molecule has 0 spiro atoms. The molecule has 1 amide bonds. The molecule has 2 aliphatic carbocycles. The molecule has 1 heterocycles. The smallest absolute Gasteiger partial charge is 0.272 e. The van der Waals surface area contributed by atoms with Gasteiger partial charge in [0.15, 0.2) is 0 Å². The summed E-state index contributed by atoms with van der Waals surface area (Å²) in [4.78, 5) is 18.1. The molecule has 2 atom stereocenters. The van der Waals surface area contributed by atoms with Crippen LogP contribution in [0, 0.1) is 16.7 Å². The molecular weight excluding hydrogens is 450 g/mol. The van der Waals surface area contributed by atoms with Crippen molar-refractivity contribution in [1.82, 2.24) is 10.4 Å². The van der Waals surface area contributed by atoms with Gasteiger partial charge in [0.05, 0.1) is 22.5 Å². The average Bonchev–Trinajstić information content (AvgIpc) is 3.16. The number of para-hydroxylation sites is 1.